The van der Waals surface area contributed by atoms with E-state index >= 15 is 0 Å². The number of nitrogens with one attached hydrogen (secondary N) is 1. The van der Waals surface area contributed by atoms with Gasteiger partial charge in [-0.2, -0.15) is 4.98 Å². The first kappa shape index (κ1) is 17.9. The molecule has 0 aliphatic carbocycles. The van der Waals surface area contributed by atoms with Crippen LogP contribution in [-0.2, 0) is 11.2 Å². The number of halogens is 1. The molecule has 3 rings (SSSR count). The third kappa shape index (κ3) is 4.83. The van der Waals surface area contributed by atoms with Gasteiger partial charge in [-0.15, -0.1) is 0 Å². The lowest BCUT2D eigenvalue weighted by atomic mass is 10.2. The average Bonchev–Trinajstić information content (AvgIpc) is 3.13. The Bertz CT molecular complexity index is 878. The van der Waals surface area contributed by atoms with Crippen molar-refractivity contribution in [1.82, 2.24) is 10.1 Å². The van der Waals surface area contributed by atoms with E-state index in [2.05, 4.69) is 15.5 Å². The highest BCUT2D eigenvalue weighted by molar-refractivity contribution is 6.30. The molecule has 0 spiro atoms. The fourth-order valence-electron chi connectivity index (χ4n) is 2.39. The molecule has 134 valence electrons. The Morgan fingerprint density at radius 2 is 2.04 bits per heavy atom. The largest absolute Gasteiger partial charge is 0.497 e. The number of carbonyl (C=O) groups excluding carboxylic acids is 1. The lowest BCUT2D eigenvalue weighted by Crippen LogP contribution is -2.11. The van der Waals surface area contributed by atoms with Crippen molar-refractivity contribution in [3.63, 3.8) is 0 Å². The van der Waals surface area contributed by atoms with Crippen molar-refractivity contribution in [1.29, 1.82) is 0 Å². The van der Waals surface area contributed by atoms with Gasteiger partial charge in [0.05, 0.1) is 7.11 Å². The number of benzene rings is 2. The van der Waals surface area contributed by atoms with Crippen molar-refractivity contribution >= 4 is 23.2 Å². The summed E-state index contributed by atoms with van der Waals surface area (Å²) in [5.74, 6) is 1.67. The zero-order valence-corrected chi connectivity index (χ0v) is 15.0. The van der Waals surface area contributed by atoms with Gasteiger partial charge in [-0.25, -0.2) is 0 Å². The molecule has 0 bridgehead atoms. The van der Waals surface area contributed by atoms with E-state index in [9.17, 15) is 4.79 Å². The van der Waals surface area contributed by atoms with Crippen LogP contribution in [0, 0.1) is 0 Å². The average molecular weight is 372 g/mol. The predicted octanol–water partition coefficient (Wildman–Crippen LogP) is 4.36. The fraction of sp³-hybridized carbons (Fsp3) is 0.211. The molecule has 0 atom stereocenters. The summed E-state index contributed by atoms with van der Waals surface area (Å²) in [6, 6.07) is 14.4. The molecule has 3 aromatic rings. The number of aromatic nitrogens is 2. The van der Waals surface area contributed by atoms with Gasteiger partial charge in [0.2, 0.25) is 17.6 Å². The Hall–Kier alpha value is -2.86. The smallest absolute Gasteiger partial charge is 0.226 e. The van der Waals surface area contributed by atoms with Crippen molar-refractivity contribution < 1.29 is 14.1 Å². The van der Waals surface area contributed by atoms with Crippen LogP contribution in [0.25, 0.3) is 11.4 Å². The van der Waals surface area contributed by atoms with Crippen LogP contribution in [0.1, 0.15) is 18.7 Å². The monoisotopic (exact) mass is 371 g/mol. The number of anilines is 1. The molecule has 0 saturated heterocycles. The molecule has 1 N–H and O–H groups in total. The summed E-state index contributed by atoms with van der Waals surface area (Å²) in [5, 5.41) is 7.43. The summed E-state index contributed by atoms with van der Waals surface area (Å²) in [5.41, 5.74) is 1.54. The minimum Gasteiger partial charge on any atom is -0.497 e. The number of nitrogens with zero attached hydrogens (tertiary/aromatic N) is 2. The summed E-state index contributed by atoms with van der Waals surface area (Å²) in [6.45, 7) is 0. The van der Waals surface area contributed by atoms with Crippen LogP contribution in [-0.4, -0.2) is 23.2 Å². The molecule has 0 aliphatic heterocycles. The third-order valence-corrected chi connectivity index (χ3v) is 3.97. The maximum Gasteiger partial charge on any atom is 0.226 e. The molecule has 0 aliphatic rings. The van der Waals surface area contributed by atoms with Crippen LogP contribution in [0.4, 0.5) is 5.69 Å². The second-order valence-electron chi connectivity index (χ2n) is 5.65. The van der Waals surface area contributed by atoms with E-state index in [1.165, 1.54) is 0 Å². The number of hydrogen-bond donors (Lipinski definition) is 1. The van der Waals surface area contributed by atoms with Gasteiger partial charge in [0, 0.05) is 29.1 Å². The van der Waals surface area contributed by atoms with E-state index < -0.39 is 0 Å². The zero-order chi connectivity index (χ0) is 18.4. The Balaban J connectivity index is 1.50. The molecular formula is C19H18ClN3O3. The van der Waals surface area contributed by atoms with Gasteiger partial charge in [-0.3, -0.25) is 4.79 Å². The summed E-state index contributed by atoms with van der Waals surface area (Å²) >= 11 is 5.82. The molecule has 0 unspecified atom stereocenters. The van der Waals surface area contributed by atoms with Crippen LogP contribution in [0.5, 0.6) is 5.75 Å². The number of hydrogen-bond acceptors (Lipinski definition) is 5. The number of aryl methyl sites for hydroxylation is 1. The minimum absolute atomic E-state index is 0.0696. The van der Waals surface area contributed by atoms with E-state index in [-0.39, 0.29) is 5.91 Å². The van der Waals surface area contributed by atoms with Gasteiger partial charge >= 0.3 is 0 Å². The fourth-order valence-corrected chi connectivity index (χ4v) is 2.52. The van der Waals surface area contributed by atoms with Gasteiger partial charge in [-0.05, 0) is 42.8 Å². The summed E-state index contributed by atoms with van der Waals surface area (Å²) < 4.78 is 10.4. The molecule has 0 saturated carbocycles. The molecule has 0 fully saturated rings. The minimum atomic E-state index is -0.0696. The summed E-state index contributed by atoms with van der Waals surface area (Å²) in [4.78, 5) is 16.3. The first-order chi connectivity index (χ1) is 12.6. The highest BCUT2D eigenvalue weighted by Gasteiger charge is 2.10. The molecule has 1 heterocycles. The van der Waals surface area contributed by atoms with E-state index in [0.29, 0.717) is 36.0 Å². The number of methoxy groups -OCH3 is 1. The molecule has 26 heavy (non-hydrogen) atoms. The second kappa shape index (κ2) is 8.49. The van der Waals surface area contributed by atoms with Crippen molar-refractivity contribution in [2.45, 2.75) is 19.3 Å². The van der Waals surface area contributed by atoms with Crippen molar-refractivity contribution in [3.8, 4) is 17.1 Å². The van der Waals surface area contributed by atoms with Gasteiger partial charge in [0.15, 0.2) is 0 Å². The number of carbonyl (C=O) groups is 1. The lowest BCUT2D eigenvalue weighted by Gasteiger charge is -2.04. The Kier molecular flexibility index (Phi) is 5.86. The van der Waals surface area contributed by atoms with Gasteiger partial charge in [0.25, 0.3) is 0 Å². The number of amides is 1. The van der Waals surface area contributed by atoms with Crippen LogP contribution in [0.15, 0.2) is 53.1 Å². The van der Waals surface area contributed by atoms with Gasteiger partial charge in [-0.1, -0.05) is 28.9 Å². The first-order valence-electron chi connectivity index (χ1n) is 8.16. The molecule has 0 radical (unpaired) electrons. The van der Waals surface area contributed by atoms with Crippen molar-refractivity contribution in [3.05, 3.63) is 59.4 Å². The van der Waals surface area contributed by atoms with Crippen molar-refractivity contribution in [2.24, 2.45) is 0 Å². The zero-order valence-electron chi connectivity index (χ0n) is 14.2. The SMILES string of the molecule is COc1cccc(-c2noc(CCCC(=O)Nc3ccc(Cl)cc3)n2)c1. The first-order valence-corrected chi connectivity index (χ1v) is 8.54. The van der Waals surface area contributed by atoms with Crippen LogP contribution < -0.4 is 10.1 Å². The molecular weight excluding hydrogens is 354 g/mol. The number of ether oxygens (including phenoxy) is 1. The normalized spacial score (nSPS) is 10.5. The molecule has 2 aromatic carbocycles. The highest BCUT2D eigenvalue weighted by atomic mass is 35.5. The third-order valence-electron chi connectivity index (χ3n) is 3.72. The van der Waals surface area contributed by atoms with E-state index in [0.717, 1.165) is 17.0 Å². The lowest BCUT2D eigenvalue weighted by molar-refractivity contribution is -0.116. The maximum absolute atomic E-state index is 12.0. The second-order valence-corrected chi connectivity index (χ2v) is 6.09. The summed E-state index contributed by atoms with van der Waals surface area (Å²) in [7, 11) is 1.61. The Morgan fingerprint density at radius 3 is 2.81 bits per heavy atom. The summed E-state index contributed by atoms with van der Waals surface area (Å²) in [6.07, 6.45) is 1.50. The highest BCUT2D eigenvalue weighted by Crippen LogP contribution is 2.21. The molecule has 1 aromatic heterocycles. The molecule has 6 nitrogen and oxygen atoms in total. The van der Waals surface area contributed by atoms with E-state index in [1.54, 1.807) is 31.4 Å². The van der Waals surface area contributed by atoms with Crippen molar-refractivity contribution in [2.75, 3.05) is 12.4 Å². The van der Waals surface area contributed by atoms with Crippen LogP contribution in [0.3, 0.4) is 0 Å². The maximum atomic E-state index is 12.0. The standard InChI is InChI=1S/C19H18ClN3O3/c1-25-16-5-2-4-13(12-16)19-22-18(26-23-19)7-3-6-17(24)21-15-10-8-14(20)9-11-15/h2,4-5,8-12H,3,6-7H2,1H3,(H,21,24). The quantitative estimate of drug-likeness (QED) is 0.667. The van der Waals surface area contributed by atoms with E-state index in [4.69, 9.17) is 20.9 Å². The van der Waals surface area contributed by atoms with Crippen LogP contribution in [0.2, 0.25) is 5.02 Å². The topological polar surface area (TPSA) is 77.2 Å². The number of rotatable bonds is 7. The van der Waals surface area contributed by atoms with Gasteiger partial charge < -0.3 is 14.6 Å². The molecule has 1 amide bonds. The molecule has 7 heteroatoms. The van der Waals surface area contributed by atoms with Crippen LogP contribution >= 0.6 is 11.6 Å². The Labute approximate surface area is 156 Å². The van der Waals surface area contributed by atoms with E-state index in [1.807, 2.05) is 24.3 Å². The predicted molar refractivity (Wildman–Crippen MR) is 99.3 cm³/mol. The van der Waals surface area contributed by atoms with Gasteiger partial charge in [0.1, 0.15) is 5.75 Å². The Morgan fingerprint density at radius 1 is 1.23 bits per heavy atom.